The Labute approximate surface area is 75.3 Å². The van der Waals surface area contributed by atoms with Crippen molar-refractivity contribution in [2.45, 2.75) is 13.8 Å². The summed E-state index contributed by atoms with van der Waals surface area (Å²) in [4.78, 5) is 17.9. The molecule has 1 aromatic heterocycles. The molecule has 0 N–H and O–H groups in total. The Morgan fingerprint density at radius 3 is 2.69 bits per heavy atom. The number of aryl methyl sites for hydroxylation is 2. The maximum absolute atomic E-state index is 12.5. The van der Waals surface area contributed by atoms with Crippen molar-refractivity contribution in [1.82, 2.24) is 9.97 Å². The highest BCUT2D eigenvalue weighted by atomic mass is 19.1. The molecule has 0 saturated carbocycles. The van der Waals surface area contributed by atoms with E-state index < -0.39 is 5.83 Å². The van der Waals surface area contributed by atoms with Crippen LogP contribution in [0.15, 0.2) is 11.9 Å². The van der Waals surface area contributed by atoms with Gasteiger partial charge in [-0.3, -0.25) is 4.79 Å². The minimum Gasteiger partial charge on any atom is -0.295 e. The summed E-state index contributed by atoms with van der Waals surface area (Å²) in [5, 5.41) is 0. The number of rotatable bonds is 2. The zero-order valence-corrected chi connectivity index (χ0v) is 7.41. The second-order valence-electron chi connectivity index (χ2n) is 2.63. The molecule has 0 atom stereocenters. The molecule has 0 saturated heterocycles. The van der Waals surface area contributed by atoms with Gasteiger partial charge in [0.25, 0.3) is 0 Å². The van der Waals surface area contributed by atoms with Gasteiger partial charge in [0.2, 0.25) is 0 Å². The fourth-order valence-corrected chi connectivity index (χ4v) is 0.995. The Kier molecular flexibility index (Phi) is 2.84. The first-order valence-corrected chi connectivity index (χ1v) is 3.76. The van der Waals surface area contributed by atoms with E-state index in [0.717, 1.165) is 11.8 Å². The Bertz CT molecular complexity index is 340. The van der Waals surface area contributed by atoms with Gasteiger partial charge >= 0.3 is 0 Å². The summed E-state index contributed by atoms with van der Waals surface area (Å²) < 4.78 is 12.5. The standard InChI is InChI=1S/C9H9FN2O/c1-6-3-9(4-8(10)5-13)12-7(2)11-6/h3-5H,1-2H3. The number of hydrogen-bond donors (Lipinski definition) is 0. The van der Waals surface area contributed by atoms with Gasteiger partial charge in [0.05, 0.1) is 5.69 Å². The van der Waals surface area contributed by atoms with E-state index in [4.69, 9.17) is 0 Å². The van der Waals surface area contributed by atoms with Gasteiger partial charge in [-0.25, -0.2) is 14.4 Å². The van der Waals surface area contributed by atoms with E-state index >= 15 is 0 Å². The summed E-state index contributed by atoms with van der Waals surface area (Å²) in [5.41, 5.74) is 1.16. The molecule has 0 aliphatic rings. The van der Waals surface area contributed by atoms with Crippen LogP contribution in [0.25, 0.3) is 6.08 Å². The molecular weight excluding hydrogens is 171 g/mol. The van der Waals surface area contributed by atoms with Crippen LogP contribution in [0, 0.1) is 13.8 Å². The van der Waals surface area contributed by atoms with Crippen LogP contribution in [-0.4, -0.2) is 16.3 Å². The van der Waals surface area contributed by atoms with E-state index in [1.165, 1.54) is 0 Å². The third-order valence-electron chi connectivity index (χ3n) is 1.38. The van der Waals surface area contributed by atoms with E-state index in [-0.39, 0.29) is 6.29 Å². The molecule has 0 radical (unpaired) electrons. The van der Waals surface area contributed by atoms with E-state index in [1.54, 1.807) is 19.9 Å². The molecule has 0 aliphatic carbocycles. The van der Waals surface area contributed by atoms with Crippen molar-refractivity contribution in [3.05, 3.63) is 29.1 Å². The largest absolute Gasteiger partial charge is 0.295 e. The number of allylic oxidation sites excluding steroid dienone is 1. The summed E-state index contributed by atoms with van der Waals surface area (Å²) in [7, 11) is 0. The Morgan fingerprint density at radius 1 is 1.46 bits per heavy atom. The zero-order valence-electron chi connectivity index (χ0n) is 7.41. The molecule has 0 spiro atoms. The van der Waals surface area contributed by atoms with Crippen molar-refractivity contribution < 1.29 is 9.18 Å². The molecule has 0 bridgehead atoms. The van der Waals surface area contributed by atoms with Gasteiger partial charge in [-0.05, 0) is 19.9 Å². The molecule has 4 heteroatoms. The van der Waals surface area contributed by atoms with Crippen molar-refractivity contribution in [3.8, 4) is 0 Å². The van der Waals surface area contributed by atoms with Crippen LogP contribution in [0.1, 0.15) is 17.2 Å². The number of halogens is 1. The third-order valence-corrected chi connectivity index (χ3v) is 1.38. The van der Waals surface area contributed by atoms with Gasteiger partial charge in [-0.1, -0.05) is 0 Å². The monoisotopic (exact) mass is 180 g/mol. The first-order valence-electron chi connectivity index (χ1n) is 3.76. The Balaban J connectivity index is 3.08. The summed E-state index contributed by atoms with van der Waals surface area (Å²) in [6, 6.07) is 1.61. The Morgan fingerprint density at radius 2 is 2.15 bits per heavy atom. The molecule has 0 amide bonds. The van der Waals surface area contributed by atoms with Gasteiger partial charge in [0.15, 0.2) is 12.1 Å². The van der Waals surface area contributed by atoms with Gasteiger partial charge in [0, 0.05) is 11.8 Å². The Hall–Kier alpha value is -1.58. The van der Waals surface area contributed by atoms with Crippen LogP contribution in [0.2, 0.25) is 0 Å². The molecule has 1 heterocycles. The number of aldehydes is 1. The second-order valence-corrected chi connectivity index (χ2v) is 2.63. The molecule has 0 unspecified atom stereocenters. The average molecular weight is 180 g/mol. The van der Waals surface area contributed by atoms with Crippen molar-refractivity contribution in [2.75, 3.05) is 0 Å². The minimum atomic E-state index is -0.836. The molecule has 13 heavy (non-hydrogen) atoms. The van der Waals surface area contributed by atoms with Crippen LogP contribution in [0.3, 0.4) is 0 Å². The molecule has 3 nitrogen and oxygen atoms in total. The number of carbonyl (C=O) groups is 1. The van der Waals surface area contributed by atoms with Gasteiger partial charge in [-0.15, -0.1) is 0 Å². The average Bonchev–Trinajstić information content (AvgIpc) is 2.02. The van der Waals surface area contributed by atoms with E-state index in [9.17, 15) is 9.18 Å². The highest BCUT2D eigenvalue weighted by Gasteiger charge is 1.97. The smallest absolute Gasteiger partial charge is 0.178 e. The fourth-order valence-electron chi connectivity index (χ4n) is 0.995. The molecule has 0 aromatic carbocycles. The van der Waals surface area contributed by atoms with Crippen LogP contribution in [0.4, 0.5) is 4.39 Å². The number of aromatic nitrogens is 2. The number of carbonyl (C=O) groups excluding carboxylic acids is 1. The lowest BCUT2D eigenvalue weighted by Gasteiger charge is -1.97. The van der Waals surface area contributed by atoms with Gasteiger partial charge in [0.1, 0.15) is 5.82 Å². The predicted octanol–water partition coefficient (Wildman–Crippen LogP) is 1.60. The van der Waals surface area contributed by atoms with Crippen molar-refractivity contribution >= 4 is 12.4 Å². The summed E-state index contributed by atoms with van der Waals surface area (Å²) in [6.07, 6.45) is 1.22. The number of nitrogens with zero attached hydrogens (tertiary/aromatic N) is 2. The predicted molar refractivity (Wildman–Crippen MR) is 46.7 cm³/mol. The second kappa shape index (κ2) is 3.89. The van der Waals surface area contributed by atoms with Crippen LogP contribution in [-0.2, 0) is 4.79 Å². The quantitative estimate of drug-likeness (QED) is 0.513. The molecule has 1 rings (SSSR count). The zero-order chi connectivity index (χ0) is 9.84. The fraction of sp³-hybridized carbons (Fsp3) is 0.222. The lowest BCUT2D eigenvalue weighted by atomic mass is 10.3. The topological polar surface area (TPSA) is 42.9 Å². The molecule has 1 aromatic rings. The molecule has 0 aliphatic heterocycles. The number of hydrogen-bond acceptors (Lipinski definition) is 3. The van der Waals surface area contributed by atoms with Crippen molar-refractivity contribution in [3.63, 3.8) is 0 Å². The summed E-state index contributed by atoms with van der Waals surface area (Å²) in [5.74, 6) is -0.276. The maximum atomic E-state index is 12.5. The van der Waals surface area contributed by atoms with E-state index in [0.29, 0.717) is 11.5 Å². The van der Waals surface area contributed by atoms with Crippen LogP contribution in [0.5, 0.6) is 0 Å². The van der Waals surface area contributed by atoms with Gasteiger partial charge < -0.3 is 0 Å². The first kappa shape index (κ1) is 9.51. The first-order chi connectivity index (χ1) is 6.11. The van der Waals surface area contributed by atoms with Gasteiger partial charge in [-0.2, -0.15) is 0 Å². The van der Waals surface area contributed by atoms with E-state index in [2.05, 4.69) is 9.97 Å². The maximum Gasteiger partial charge on any atom is 0.178 e. The lowest BCUT2D eigenvalue weighted by Crippen LogP contribution is -1.93. The molecular formula is C9H9FN2O. The van der Waals surface area contributed by atoms with Crippen LogP contribution < -0.4 is 0 Å². The third kappa shape index (κ3) is 2.74. The molecule has 68 valence electrons. The van der Waals surface area contributed by atoms with Crippen molar-refractivity contribution in [2.24, 2.45) is 0 Å². The summed E-state index contributed by atoms with van der Waals surface area (Å²) in [6.45, 7) is 3.49. The van der Waals surface area contributed by atoms with E-state index in [1.807, 2.05) is 0 Å². The SMILES string of the molecule is Cc1cc(C=C(F)C=O)nc(C)n1. The highest BCUT2D eigenvalue weighted by Crippen LogP contribution is 2.05. The van der Waals surface area contributed by atoms with Crippen LogP contribution >= 0.6 is 0 Å². The normalized spacial score (nSPS) is 11.5. The highest BCUT2D eigenvalue weighted by molar-refractivity contribution is 5.77. The summed E-state index contributed by atoms with van der Waals surface area (Å²) >= 11 is 0. The lowest BCUT2D eigenvalue weighted by molar-refractivity contribution is -0.106. The minimum absolute atomic E-state index is 0.146. The molecule has 0 fully saturated rings. The van der Waals surface area contributed by atoms with Crippen molar-refractivity contribution in [1.29, 1.82) is 0 Å².